The van der Waals surface area contributed by atoms with Gasteiger partial charge >= 0.3 is 0 Å². The molecule has 4 fully saturated rings. The van der Waals surface area contributed by atoms with Crippen LogP contribution in [0.4, 0.5) is 0 Å². The normalized spacial score (nSPS) is 39.5. The smallest absolute Gasteiger partial charge is 0.229 e. The second-order valence-electron chi connectivity index (χ2n) is 12.3. The van der Waals surface area contributed by atoms with Gasteiger partial charge in [0.1, 0.15) is 48.8 Å². The molecule has 4 heterocycles. The lowest BCUT2D eigenvalue weighted by Crippen LogP contribution is -2.60. The Morgan fingerprint density at radius 2 is 0.958 bits per heavy atom. The molecule has 0 radical (unpaired) electrons. The third-order valence-corrected chi connectivity index (χ3v) is 9.48. The lowest BCUT2D eigenvalue weighted by molar-refractivity contribution is -0.277. The minimum atomic E-state index is -1.59. The molecular formula is C32H42O16. The Balaban J connectivity index is 1.14. The third kappa shape index (κ3) is 6.44. The number of aliphatic hydroxyl groups excluding tert-OH is 8. The third-order valence-electron chi connectivity index (χ3n) is 9.48. The van der Waals surface area contributed by atoms with Crippen molar-refractivity contribution in [3.63, 3.8) is 0 Å². The van der Waals surface area contributed by atoms with Gasteiger partial charge in [0.2, 0.25) is 12.6 Å². The molecule has 16 nitrogen and oxygen atoms in total. The standard InChI is InChI=1S/C32H42O16/c1-41-19-7-13(3-5-17(19)45-31-27(39)25(37)23(35)21(9-33)47-31)29-15-11-44-30(16(15)12-43-29)14-4-6-18(20(8-14)42-2)46-32-28(40)26(38)24(36)22(10-34)48-32/h3-8,15-16,21-40H,9-12H2,1-2H3/t15-,16-,21+,22+,23+,24+,25-,26-,27+,28+,29?,30?,31+,32?/m0/s1. The number of fused-ring (bicyclic) bond motifs is 1. The fraction of sp³-hybridized carbons (Fsp3) is 0.625. The summed E-state index contributed by atoms with van der Waals surface area (Å²) in [6.07, 6.45) is -15.0. The van der Waals surface area contributed by atoms with Crippen LogP contribution >= 0.6 is 0 Å². The lowest BCUT2D eigenvalue weighted by Gasteiger charge is -2.39. The van der Waals surface area contributed by atoms with Crippen LogP contribution in [0.25, 0.3) is 0 Å². The maximum atomic E-state index is 10.4. The molecule has 2 aromatic carbocycles. The van der Waals surface area contributed by atoms with Crippen molar-refractivity contribution in [2.24, 2.45) is 11.8 Å². The van der Waals surface area contributed by atoms with Crippen LogP contribution in [0.2, 0.25) is 0 Å². The summed E-state index contributed by atoms with van der Waals surface area (Å²) < 4.78 is 46.1. The molecule has 4 aliphatic heterocycles. The van der Waals surface area contributed by atoms with Gasteiger partial charge in [0.25, 0.3) is 0 Å². The Morgan fingerprint density at radius 1 is 0.562 bits per heavy atom. The zero-order valence-electron chi connectivity index (χ0n) is 26.2. The Hall–Kier alpha value is -2.84. The minimum Gasteiger partial charge on any atom is -0.493 e. The summed E-state index contributed by atoms with van der Waals surface area (Å²) in [4.78, 5) is 0. The SMILES string of the molecule is COc1cc(C2OC[C@@H]3C(c4ccc(O[C@@H]5O[C@H](CO)[C@@H](O)[C@H](O)[C@H]5O)c(OC)c4)OC[C@H]23)ccc1OC1O[C@H](CO)[C@@H](O)[C@H](O)[C@H]1O. The highest BCUT2D eigenvalue weighted by molar-refractivity contribution is 5.46. The molecule has 3 unspecified atom stereocenters. The summed E-state index contributed by atoms with van der Waals surface area (Å²) in [6.45, 7) is -0.371. The number of aliphatic hydroxyl groups is 8. The molecule has 16 heteroatoms. The minimum absolute atomic E-state index is 0.0204. The van der Waals surface area contributed by atoms with Gasteiger partial charge in [-0.1, -0.05) is 12.1 Å². The van der Waals surface area contributed by atoms with Crippen LogP contribution in [0.5, 0.6) is 23.0 Å². The molecule has 0 bridgehead atoms. The molecule has 48 heavy (non-hydrogen) atoms. The van der Waals surface area contributed by atoms with Crippen molar-refractivity contribution >= 4 is 0 Å². The number of hydrogen-bond acceptors (Lipinski definition) is 16. The van der Waals surface area contributed by atoms with Crippen molar-refractivity contribution in [2.75, 3.05) is 40.6 Å². The molecule has 4 aliphatic rings. The van der Waals surface area contributed by atoms with E-state index in [2.05, 4.69) is 0 Å². The highest BCUT2D eigenvalue weighted by Crippen LogP contribution is 2.52. The molecule has 8 N–H and O–H groups in total. The van der Waals surface area contributed by atoms with Crippen LogP contribution in [0, 0.1) is 11.8 Å². The van der Waals surface area contributed by atoms with E-state index >= 15 is 0 Å². The van der Waals surface area contributed by atoms with Crippen LogP contribution in [0.1, 0.15) is 23.3 Å². The van der Waals surface area contributed by atoms with E-state index in [1.807, 2.05) is 0 Å². The molecular weight excluding hydrogens is 640 g/mol. The van der Waals surface area contributed by atoms with Crippen LogP contribution in [0.3, 0.4) is 0 Å². The molecule has 0 aromatic heterocycles. The van der Waals surface area contributed by atoms with Crippen molar-refractivity contribution in [3.05, 3.63) is 47.5 Å². The van der Waals surface area contributed by atoms with Gasteiger partial charge in [-0.3, -0.25) is 0 Å². The van der Waals surface area contributed by atoms with Crippen LogP contribution in [-0.4, -0.2) is 143 Å². The van der Waals surface area contributed by atoms with Crippen LogP contribution in [0.15, 0.2) is 36.4 Å². The Morgan fingerprint density at radius 3 is 1.31 bits per heavy atom. The molecule has 2 aromatic rings. The quantitative estimate of drug-likeness (QED) is 0.137. The zero-order valence-corrected chi connectivity index (χ0v) is 26.2. The summed E-state index contributed by atoms with van der Waals surface area (Å²) in [6, 6.07) is 10.3. The van der Waals surface area contributed by atoms with Gasteiger partial charge in [-0.15, -0.1) is 0 Å². The van der Waals surface area contributed by atoms with Gasteiger partial charge < -0.3 is 78.7 Å². The van der Waals surface area contributed by atoms with Gasteiger partial charge in [0.15, 0.2) is 23.0 Å². The number of ether oxygens (including phenoxy) is 8. The molecule has 0 spiro atoms. The first-order valence-electron chi connectivity index (χ1n) is 15.6. The number of benzene rings is 2. The summed E-state index contributed by atoms with van der Waals surface area (Å²) in [5, 5.41) is 80.1. The average Bonchev–Trinajstić information content (AvgIpc) is 3.72. The predicted molar refractivity (Wildman–Crippen MR) is 159 cm³/mol. The van der Waals surface area contributed by atoms with Gasteiger partial charge in [-0.05, 0) is 35.4 Å². The van der Waals surface area contributed by atoms with Crippen molar-refractivity contribution in [1.29, 1.82) is 0 Å². The van der Waals surface area contributed by atoms with Gasteiger partial charge in [0.05, 0.1) is 52.9 Å². The number of hydrogen-bond donors (Lipinski definition) is 8. The molecule has 0 amide bonds. The molecule has 266 valence electrons. The van der Waals surface area contributed by atoms with Crippen LogP contribution in [-0.2, 0) is 18.9 Å². The van der Waals surface area contributed by atoms with Crippen molar-refractivity contribution in [1.82, 2.24) is 0 Å². The van der Waals surface area contributed by atoms with E-state index in [-0.39, 0.29) is 35.5 Å². The van der Waals surface area contributed by atoms with Gasteiger partial charge in [0, 0.05) is 11.8 Å². The highest BCUT2D eigenvalue weighted by Gasteiger charge is 2.49. The molecule has 6 rings (SSSR count). The Bertz CT molecular complexity index is 1290. The van der Waals surface area contributed by atoms with E-state index in [1.54, 1.807) is 36.4 Å². The van der Waals surface area contributed by atoms with Gasteiger partial charge in [-0.2, -0.15) is 0 Å². The van der Waals surface area contributed by atoms with Crippen molar-refractivity contribution < 1.29 is 78.7 Å². The predicted octanol–water partition coefficient (Wildman–Crippen LogP) is -1.86. The fourth-order valence-electron chi connectivity index (χ4n) is 6.73. The molecule has 14 atom stereocenters. The van der Waals surface area contributed by atoms with E-state index in [1.165, 1.54) is 14.2 Å². The number of methoxy groups -OCH3 is 2. The summed E-state index contributed by atoms with van der Waals surface area (Å²) >= 11 is 0. The first-order valence-corrected chi connectivity index (χ1v) is 15.6. The summed E-state index contributed by atoms with van der Waals surface area (Å²) in [7, 11) is 2.90. The average molecular weight is 683 g/mol. The van der Waals surface area contributed by atoms with E-state index in [0.29, 0.717) is 24.7 Å². The maximum Gasteiger partial charge on any atom is 0.229 e. The summed E-state index contributed by atoms with van der Waals surface area (Å²) in [5.41, 5.74) is 1.59. The Labute approximate surface area is 275 Å². The van der Waals surface area contributed by atoms with Crippen molar-refractivity contribution in [2.45, 2.75) is 73.6 Å². The largest absolute Gasteiger partial charge is 0.493 e. The monoisotopic (exact) mass is 682 g/mol. The fourth-order valence-corrected chi connectivity index (χ4v) is 6.73. The molecule has 0 aliphatic carbocycles. The second kappa shape index (κ2) is 14.6. The van der Waals surface area contributed by atoms with E-state index in [4.69, 9.17) is 37.9 Å². The van der Waals surface area contributed by atoms with E-state index in [9.17, 15) is 40.9 Å². The first-order chi connectivity index (χ1) is 23.1. The van der Waals surface area contributed by atoms with Gasteiger partial charge in [-0.25, -0.2) is 0 Å². The zero-order chi connectivity index (χ0) is 34.3. The molecule has 4 saturated heterocycles. The maximum absolute atomic E-state index is 10.4. The van der Waals surface area contributed by atoms with Crippen molar-refractivity contribution in [3.8, 4) is 23.0 Å². The van der Waals surface area contributed by atoms with Crippen LogP contribution < -0.4 is 18.9 Å². The lowest BCUT2D eigenvalue weighted by atomic mass is 9.85. The van der Waals surface area contributed by atoms with E-state index < -0.39 is 74.6 Å². The second-order valence-corrected chi connectivity index (χ2v) is 12.3. The topological polar surface area (TPSA) is 236 Å². The highest BCUT2D eigenvalue weighted by atomic mass is 16.7. The van der Waals surface area contributed by atoms with E-state index in [0.717, 1.165) is 11.1 Å². The molecule has 0 saturated carbocycles. The summed E-state index contributed by atoms with van der Waals surface area (Å²) in [5.74, 6) is 0.997. The Kier molecular flexibility index (Phi) is 10.6. The number of rotatable bonds is 10. The first kappa shape index (κ1) is 35.0.